The molecule has 2 aromatic rings. The molecule has 3 aliphatic heterocycles. The van der Waals surface area contributed by atoms with Gasteiger partial charge in [-0.15, -0.1) is 0 Å². The highest BCUT2D eigenvalue weighted by Gasteiger charge is 2.37. The SMILES string of the molecule is Cc1ccccc1-c1ccc2n(c1=O)CC1CC2CN(C2CCOCC2)C1. The van der Waals surface area contributed by atoms with Gasteiger partial charge >= 0.3 is 0 Å². The number of hydrogen-bond acceptors (Lipinski definition) is 3. The third-order valence-electron chi connectivity index (χ3n) is 6.77. The lowest BCUT2D eigenvalue weighted by atomic mass is 9.81. The molecule has 0 spiro atoms. The summed E-state index contributed by atoms with van der Waals surface area (Å²) in [6, 6.07) is 13.1. The minimum absolute atomic E-state index is 0.191. The van der Waals surface area contributed by atoms with Gasteiger partial charge in [0.05, 0.1) is 0 Å². The van der Waals surface area contributed by atoms with Crippen LogP contribution >= 0.6 is 0 Å². The van der Waals surface area contributed by atoms with Crippen LogP contribution in [0, 0.1) is 12.8 Å². The van der Waals surface area contributed by atoms with Gasteiger partial charge in [-0.2, -0.15) is 0 Å². The van der Waals surface area contributed by atoms with Crippen LogP contribution in [-0.2, 0) is 11.3 Å². The lowest BCUT2D eigenvalue weighted by Gasteiger charge is -2.46. The quantitative estimate of drug-likeness (QED) is 0.819. The number of ether oxygens (including phenoxy) is 1. The Bertz CT molecular complexity index is 897. The van der Waals surface area contributed by atoms with Crippen LogP contribution in [0.15, 0.2) is 41.2 Å². The van der Waals surface area contributed by atoms with Crippen molar-refractivity contribution in [1.82, 2.24) is 9.47 Å². The molecule has 2 unspecified atom stereocenters. The molecule has 0 N–H and O–H groups in total. The number of piperidine rings is 1. The number of hydrogen-bond donors (Lipinski definition) is 0. The summed E-state index contributed by atoms with van der Waals surface area (Å²) in [5, 5.41) is 0. The topological polar surface area (TPSA) is 34.5 Å². The zero-order valence-electron chi connectivity index (χ0n) is 16.1. The summed E-state index contributed by atoms with van der Waals surface area (Å²) in [6.45, 7) is 6.95. The van der Waals surface area contributed by atoms with Crippen molar-refractivity contribution in [3.05, 3.63) is 58.0 Å². The highest BCUT2D eigenvalue weighted by atomic mass is 16.5. The smallest absolute Gasteiger partial charge is 0.258 e. The Balaban J connectivity index is 1.48. The summed E-state index contributed by atoms with van der Waals surface area (Å²) < 4.78 is 7.63. The number of aryl methyl sites for hydroxylation is 1. The zero-order valence-corrected chi connectivity index (χ0v) is 16.1. The van der Waals surface area contributed by atoms with E-state index in [2.05, 4.69) is 40.7 Å². The van der Waals surface area contributed by atoms with Crippen LogP contribution in [0.5, 0.6) is 0 Å². The van der Waals surface area contributed by atoms with E-state index in [1.165, 1.54) is 12.1 Å². The van der Waals surface area contributed by atoms with Crippen molar-refractivity contribution in [2.75, 3.05) is 26.3 Å². The molecule has 2 atom stereocenters. The highest BCUT2D eigenvalue weighted by Crippen LogP contribution is 2.37. The fourth-order valence-electron chi connectivity index (χ4n) is 5.41. The standard InChI is InChI=1S/C23H28N2O2/c1-16-4-2-3-5-20(16)21-6-7-22-18-12-17(14-25(22)23(21)26)13-24(15-18)19-8-10-27-11-9-19/h2-7,17-19H,8-15H2,1H3. The van der Waals surface area contributed by atoms with Crippen molar-refractivity contribution in [3.8, 4) is 11.1 Å². The van der Waals surface area contributed by atoms with Crippen LogP contribution in [0.1, 0.15) is 36.4 Å². The van der Waals surface area contributed by atoms with Crippen molar-refractivity contribution in [2.45, 2.75) is 44.7 Å². The molecule has 0 saturated carbocycles. The predicted molar refractivity (Wildman–Crippen MR) is 107 cm³/mol. The Hall–Kier alpha value is -1.91. The number of aromatic nitrogens is 1. The van der Waals surface area contributed by atoms with E-state index in [1.807, 2.05) is 12.1 Å². The number of rotatable bonds is 2. The first-order valence-corrected chi connectivity index (χ1v) is 10.3. The van der Waals surface area contributed by atoms with Gasteiger partial charge in [0.25, 0.3) is 5.56 Å². The molecule has 4 heterocycles. The van der Waals surface area contributed by atoms with E-state index in [1.54, 1.807) is 0 Å². The molecule has 27 heavy (non-hydrogen) atoms. The Kier molecular flexibility index (Phi) is 4.41. The minimum Gasteiger partial charge on any atom is -0.381 e. The molecule has 5 rings (SSSR count). The van der Waals surface area contributed by atoms with E-state index in [0.717, 1.165) is 62.4 Å². The second-order valence-corrected chi connectivity index (χ2v) is 8.50. The largest absolute Gasteiger partial charge is 0.381 e. The van der Waals surface area contributed by atoms with Crippen molar-refractivity contribution in [2.24, 2.45) is 5.92 Å². The summed E-state index contributed by atoms with van der Waals surface area (Å²) in [4.78, 5) is 16.0. The minimum atomic E-state index is 0.191. The van der Waals surface area contributed by atoms with Gasteiger partial charge in [0.1, 0.15) is 0 Å². The molecule has 4 nitrogen and oxygen atoms in total. The van der Waals surface area contributed by atoms with Crippen LogP contribution in [0.25, 0.3) is 11.1 Å². The van der Waals surface area contributed by atoms with Gasteiger partial charge in [-0.05, 0) is 55.4 Å². The second kappa shape index (κ2) is 6.92. The normalized spacial score (nSPS) is 26.0. The predicted octanol–water partition coefficient (Wildman–Crippen LogP) is 3.42. The number of fused-ring (bicyclic) bond motifs is 4. The maximum atomic E-state index is 13.3. The van der Waals surface area contributed by atoms with Crippen molar-refractivity contribution < 1.29 is 4.74 Å². The van der Waals surface area contributed by atoms with Crippen LogP contribution in [0.4, 0.5) is 0 Å². The fraction of sp³-hybridized carbons (Fsp3) is 0.522. The molecule has 3 aliphatic rings. The first-order valence-electron chi connectivity index (χ1n) is 10.3. The molecule has 0 aliphatic carbocycles. The number of nitrogens with zero attached hydrogens (tertiary/aromatic N) is 2. The lowest BCUT2D eigenvalue weighted by molar-refractivity contribution is 0.00589. The molecule has 0 amide bonds. The third kappa shape index (κ3) is 3.05. The van der Waals surface area contributed by atoms with Gasteiger partial charge in [-0.25, -0.2) is 0 Å². The molecule has 2 bridgehead atoms. The molecule has 2 fully saturated rings. The number of pyridine rings is 1. The second-order valence-electron chi connectivity index (χ2n) is 8.50. The van der Waals surface area contributed by atoms with Crippen molar-refractivity contribution in [3.63, 3.8) is 0 Å². The average molecular weight is 364 g/mol. The van der Waals surface area contributed by atoms with E-state index < -0.39 is 0 Å². The molecule has 1 aromatic heterocycles. The molecule has 0 radical (unpaired) electrons. The van der Waals surface area contributed by atoms with Gasteiger partial charge in [0.15, 0.2) is 0 Å². The first kappa shape index (κ1) is 17.2. The summed E-state index contributed by atoms with van der Waals surface area (Å²) in [7, 11) is 0. The van der Waals surface area contributed by atoms with Gasteiger partial charge in [0, 0.05) is 56.1 Å². The molecular formula is C23H28N2O2. The van der Waals surface area contributed by atoms with E-state index in [4.69, 9.17) is 4.74 Å². The number of likely N-dealkylation sites (tertiary alicyclic amines) is 1. The Morgan fingerprint density at radius 2 is 1.78 bits per heavy atom. The third-order valence-corrected chi connectivity index (χ3v) is 6.77. The van der Waals surface area contributed by atoms with Gasteiger partial charge < -0.3 is 9.30 Å². The van der Waals surface area contributed by atoms with Crippen LogP contribution in [-0.4, -0.2) is 41.8 Å². The maximum Gasteiger partial charge on any atom is 0.258 e. The summed E-state index contributed by atoms with van der Waals surface area (Å²) in [6.07, 6.45) is 3.53. The summed E-state index contributed by atoms with van der Waals surface area (Å²) >= 11 is 0. The van der Waals surface area contributed by atoms with E-state index in [0.29, 0.717) is 17.9 Å². The molecule has 1 aromatic carbocycles. The van der Waals surface area contributed by atoms with Gasteiger partial charge in [-0.1, -0.05) is 24.3 Å². The van der Waals surface area contributed by atoms with E-state index in [-0.39, 0.29) is 5.56 Å². The highest BCUT2D eigenvalue weighted by molar-refractivity contribution is 5.66. The Morgan fingerprint density at radius 1 is 0.963 bits per heavy atom. The Labute approximate surface area is 160 Å². The number of benzene rings is 1. The van der Waals surface area contributed by atoms with Crippen molar-refractivity contribution in [1.29, 1.82) is 0 Å². The summed E-state index contributed by atoms with van der Waals surface area (Å²) in [5.41, 5.74) is 4.51. The molecule has 2 saturated heterocycles. The fourth-order valence-corrected chi connectivity index (χ4v) is 5.41. The lowest BCUT2D eigenvalue weighted by Crippen LogP contribution is -2.51. The van der Waals surface area contributed by atoms with Gasteiger partial charge in [-0.3, -0.25) is 9.69 Å². The monoisotopic (exact) mass is 364 g/mol. The summed E-state index contributed by atoms with van der Waals surface area (Å²) in [5.74, 6) is 1.07. The molecular weight excluding hydrogens is 336 g/mol. The average Bonchev–Trinajstić information content (AvgIpc) is 2.70. The molecule has 4 heteroatoms. The maximum absolute atomic E-state index is 13.3. The van der Waals surface area contributed by atoms with Crippen LogP contribution < -0.4 is 5.56 Å². The van der Waals surface area contributed by atoms with E-state index in [9.17, 15) is 4.79 Å². The van der Waals surface area contributed by atoms with Gasteiger partial charge in [0.2, 0.25) is 0 Å². The van der Waals surface area contributed by atoms with Crippen LogP contribution in [0.2, 0.25) is 0 Å². The van der Waals surface area contributed by atoms with Crippen molar-refractivity contribution >= 4 is 0 Å². The van der Waals surface area contributed by atoms with Crippen LogP contribution in [0.3, 0.4) is 0 Å². The molecule has 142 valence electrons. The zero-order chi connectivity index (χ0) is 18.4. The Morgan fingerprint density at radius 3 is 2.59 bits per heavy atom. The first-order chi connectivity index (χ1) is 13.2. The van der Waals surface area contributed by atoms with E-state index >= 15 is 0 Å².